The lowest BCUT2D eigenvalue weighted by Crippen LogP contribution is -2.42. The summed E-state index contributed by atoms with van der Waals surface area (Å²) in [7, 11) is 0. The second-order valence-electron chi connectivity index (χ2n) is 4.20. The molecular weight excluding hydrogens is 247 g/mol. The molecule has 1 aromatic rings. The molecular formula is C11H12F3N3O. The Morgan fingerprint density at radius 1 is 1.28 bits per heavy atom. The zero-order valence-electron chi connectivity index (χ0n) is 9.52. The highest BCUT2D eigenvalue weighted by atomic mass is 19.4. The predicted octanol–water partition coefficient (Wildman–Crippen LogP) is 1.89. The van der Waals surface area contributed by atoms with Crippen molar-refractivity contribution < 1.29 is 18.0 Å². The lowest BCUT2D eigenvalue weighted by atomic mass is 9.96. The van der Waals surface area contributed by atoms with Crippen molar-refractivity contribution in [3.05, 3.63) is 24.3 Å². The standard InChI is InChI=1S/C11H12F3N3O/c12-11(13,14)8-1-5-17(6-2-8)10(18)9-7-15-3-4-16-9/h3-4,7-8H,1-2,5-6H2. The zero-order chi connectivity index (χ0) is 13.2. The molecule has 0 spiro atoms. The highest BCUT2D eigenvalue weighted by molar-refractivity contribution is 5.91. The summed E-state index contributed by atoms with van der Waals surface area (Å²) in [5.74, 6) is -1.66. The van der Waals surface area contributed by atoms with E-state index in [9.17, 15) is 18.0 Å². The van der Waals surface area contributed by atoms with Crippen molar-refractivity contribution in [3.8, 4) is 0 Å². The highest BCUT2D eigenvalue weighted by Crippen LogP contribution is 2.34. The molecule has 1 aliphatic heterocycles. The van der Waals surface area contributed by atoms with E-state index in [1.807, 2.05) is 0 Å². The van der Waals surface area contributed by atoms with Gasteiger partial charge in [-0.25, -0.2) is 4.98 Å². The van der Waals surface area contributed by atoms with Gasteiger partial charge in [-0.1, -0.05) is 0 Å². The van der Waals surface area contributed by atoms with E-state index in [1.165, 1.54) is 23.5 Å². The summed E-state index contributed by atoms with van der Waals surface area (Å²) in [5.41, 5.74) is 0.169. The molecule has 1 aliphatic rings. The summed E-state index contributed by atoms with van der Waals surface area (Å²) in [6.45, 7) is 0.221. The van der Waals surface area contributed by atoms with E-state index in [0.717, 1.165) is 0 Å². The Kier molecular flexibility index (Phi) is 3.49. The van der Waals surface area contributed by atoms with Crippen molar-refractivity contribution in [3.63, 3.8) is 0 Å². The predicted molar refractivity (Wildman–Crippen MR) is 56.7 cm³/mol. The van der Waals surface area contributed by atoms with Crippen LogP contribution in [0.15, 0.2) is 18.6 Å². The van der Waals surface area contributed by atoms with E-state index in [0.29, 0.717) is 0 Å². The number of rotatable bonds is 1. The number of hydrogen-bond donors (Lipinski definition) is 0. The lowest BCUT2D eigenvalue weighted by Gasteiger charge is -2.32. The summed E-state index contributed by atoms with van der Waals surface area (Å²) in [5, 5.41) is 0. The van der Waals surface area contributed by atoms with Gasteiger partial charge in [0.1, 0.15) is 5.69 Å². The Labute approximate surface area is 102 Å². The third-order valence-electron chi connectivity index (χ3n) is 3.03. The number of halogens is 3. The first-order chi connectivity index (χ1) is 8.48. The van der Waals surface area contributed by atoms with Gasteiger partial charge in [0.05, 0.1) is 12.1 Å². The van der Waals surface area contributed by atoms with Gasteiger partial charge in [-0.3, -0.25) is 9.78 Å². The summed E-state index contributed by atoms with van der Waals surface area (Å²) in [4.78, 5) is 20.9. The summed E-state index contributed by atoms with van der Waals surface area (Å²) in [6, 6.07) is 0. The molecule has 0 saturated carbocycles. The first kappa shape index (κ1) is 12.8. The van der Waals surface area contributed by atoms with Gasteiger partial charge in [0, 0.05) is 25.5 Å². The molecule has 1 saturated heterocycles. The quantitative estimate of drug-likeness (QED) is 0.773. The van der Waals surface area contributed by atoms with Crippen LogP contribution >= 0.6 is 0 Å². The van der Waals surface area contributed by atoms with Gasteiger partial charge in [-0.05, 0) is 12.8 Å². The summed E-state index contributed by atoms with van der Waals surface area (Å²) in [6.07, 6.45) is -0.118. The number of aromatic nitrogens is 2. The minimum atomic E-state index is -4.16. The van der Waals surface area contributed by atoms with Crippen molar-refractivity contribution in [2.75, 3.05) is 13.1 Å². The Hall–Kier alpha value is -1.66. The molecule has 0 radical (unpaired) electrons. The Balaban J connectivity index is 1.96. The molecule has 0 N–H and O–H groups in total. The number of carbonyl (C=O) groups is 1. The number of likely N-dealkylation sites (tertiary alicyclic amines) is 1. The molecule has 2 heterocycles. The van der Waals surface area contributed by atoms with Crippen molar-refractivity contribution in [2.24, 2.45) is 5.92 Å². The minimum Gasteiger partial charge on any atom is -0.337 e. The van der Waals surface area contributed by atoms with Gasteiger partial charge in [0.25, 0.3) is 5.91 Å². The van der Waals surface area contributed by atoms with Gasteiger partial charge < -0.3 is 4.90 Å². The van der Waals surface area contributed by atoms with Crippen LogP contribution in [-0.4, -0.2) is 40.0 Å². The van der Waals surface area contributed by atoms with Crippen molar-refractivity contribution in [2.45, 2.75) is 19.0 Å². The van der Waals surface area contributed by atoms with Gasteiger partial charge in [0.15, 0.2) is 0 Å². The second-order valence-corrected chi connectivity index (χ2v) is 4.20. The number of alkyl halides is 3. The average Bonchev–Trinajstić information content (AvgIpc) is 2.38. The van der Waals surface area contributed by atoms with Crippen LogP contribution in [0.5, 0.6) is 0 Å². The molecule has 1 fully saturated rings. The fourth-order valence-corrected chi connectivity index (χ4v) is 1.98. The first-order valence-corrected chi connectivity index (χ1v) is 5.60. The van der Waals surface area contributed by atoms with Crippen LogP contribution in [-0.2, 0) is 0 Å². The smallest absolute Gasteiger partial charge is 0.337 e. The molecule has 0 aliphatic carbocycles. The number of hydrogen-bond acceptors (Lipinski definition) is 3. The lowest BCUT2D eigenvalue weighted by molar-refractivity contribution is -0.183. The van der Waals surface area contributed by atoms with Gasteiger partial charge in [-0.2, -0.15) is 13.2 Å². The van der Waals surface area contributed by atoms with E-state index in [-0.39, 0.29) is 37.5 Å². The number of piperidine rings is 1. The maximum Gasteiger partial charge on any atom is 0.391 e. The van der Waals surface area contributed by atoms with Crippen LogP contribution in [0.2, 0.25) is 0 Å². The van der Waals surface area contributed by atoms with Crippen molar-refractivity contribution >= 4 is 5.91 Å². The minimum absolute atomic E-state index is 0.0461. The molecule has 0 bridgehead atoms. The maximum absolute atomic E-state index is 12.5. The first-order valence-electron chi connectivity index (χ1n) is 5.60. The highest BCUT2D eigenvalue weighted by Gasteiger charge is 2.41. The Bertz CT molecular complexity index is 413. The van der Waals surface area contributed by atoms with E-state index in [2.05, 4.69) is 9.97 Å². The van der Waals surface area contributed by atoms with E-state index in [1.54, 1.807) is 0 Å². The SMILES string of the molecule is O=C(c1cnccn1)N1CCC(C(F)(F)F)CC1. The molecule has 1 amide bonds. The third-order valence-corrected chi connectivity index (χ3v) is 3.03. The zero-order valence-corrected chi connectivity index (χ0v) is 9.52. The second kappa shape index (κ2) is 4.91. The largest absolute Gasteiger partial charge is 0.391 e. The molecule has 18 heavy (non-hydrogen) atoms. The number of nitrogens with zero attached hydrogens (tertiary/aromatic N) is 3. The van der Waals surface area contributed by atoms with E-state index >= 15 is 0 Å². The van der Waals surface area contributed by atoms with Crippen LogP contribution in [0.25, 0.3) is 0 Å². The van der Waals surface area contributed by atoms with Crippen LogP contribution in [0.1, 0.15) is 23.3 Å². The average molecular weight is 259 g/mol. The monoisotopic (exact) mass is 259 g/mol. The molecule has 0 unspecified atom stereocenters. The number of carbonyl (C=O) groups excluding carboxylic acids is 1. The molecule has 2 rings (SSSR count). The van der Waals surface area contributed by atoms with Gasteiger partial charge in [-0.15, -0.1) is 0 Å². The van der Waals surface area contributed by atoms with Crippen molar-refractivity contribution in [1.29, 1.82) is 0 Å². The molecule has 4 nitrogen and oxygen atoms in total. The molecule has 7 heteroatoms. The fourth-order valence-electron chi connectivity index (χ4n) is 1.98. The fraction of sp³-hybridized carbons (Fsp3) is 0.545. The van der Waals surface area contributed by atoms with Crippen molar-refractivity contribution in [1.82, 2.24) is 14.9 Å². The van der Waals surface area contributed by atoms with E-state index < -0.39 is 12.1 Å². The van der Waals surface area contributed by atoms with Gasteiger partial charge >= 0.3 is 6.18 Å². The van der Waals surface area contributed by atoms with Gasteiger partial charge in [0.2, 0.25) is 0 Å². The topological polar surface area (TPSA) is 46.1 Å². The van der Waals surface area contributed by atoms with Crippen LogP contribution in [0, 0.1) is 5.92 Å². The normalized spacial score (nSPS) is 17.8. The number of amides is 1. The molecule has 98 valence electrons. The van der Waals surface area contributed by atoms with Crippen LogP contribution in [0.4, 0.5) is 13.2 Å². The molecule has 0 aromatic carbocycles. The summed E-state index contributed by atoms with van der Waals surface area (Å²) >= 11 is 0. The summed E-state index contributed by atoms with van der Waals surface area (Å²) < 4.78 is 37.4. The molecule has 1 aromatic heterocycles. The van der Waals surface area contributed by atoms with E-state index in [4.69, 9.17) is 0 Å². The Morgan fingerprint density at radius 2 is 1.94 bits per heavy atom. The Morgan fingerprint density at radius 3 is 2.44 bits per heavy atom. The maximum atomic E-state index is 12.5. The van der Waals surface area contributed by atoms with Crippen LogP contribution in [0.3, 0.4) is 0 Å². The molecule has 0 atom stereocenters. The van der Waals surface area contributed by atoms with Crippen LogP contribution < -0.4 is 0 Å². The third kappa shape index (κ3) is 2.77.